The first-order valence-corrected chi connectivity index (χ1v) is 8.15. The number of nitrogens with one attached hydrogen (secondary N) is 1. The summed E-state index contributed by atoms with van der Waals surface area (Å²) >= 11 is 0. The van der Waals surface area contributed by atoms with Gasteiger partial charge in [-0.1, -0.05) is 18.2 Å². The number of carbonyl (C=O) groups is 1. The lowest BCUT2D eigenvalue weighted by molar-refractivity contribution is -0.143. The molecule has 0 heterocycles. The zero-order chi connectivity index (χ0) is 15.5. The molecule has 1 aliphatic rings. The summed E-state index contributed by atoms with van der Waals surface area (Å²) in [5.74, 6) is -1.99. The van der Waals surface area contributed by atoms with Crippen LogP contribution in [0.15, 0.2) is 29.2 Å². The molecule has 1 aliphatic carbocycles. The van der Waals surface area contributed by atoms with E-state index in [1.165, 1.54) is 12.1 Å². The average molecular weight is 308 g/mol. The van der Waals surface area contributed by atoms with E-state index in [1.54, 1.807) is 19.1 Å². The first-order valence-electron chi connectivity index (χ1n) is 6.67. The van der Waals surface area contributed by atoms with Gasteiger partial charge in [-0.25, -0.2) is 13.1 Å². The molecule has 1 unspecified atom stereocenters. The molecule has 1 N–H and O–H groups in total. The monoisotopic (exact) mass is 308 g/mol. The molecule has 2 rings (SSSR count). The van der Waals surface area contributed by atoms with E-state index in [2.05, 4.69) is 4.72 Å². The minimum absolute atomic E-state index is 0.0449. The van der Waals surface area contributed by atoms with Gasteiger partial charge in [0.15, 0.2) is 5.92 Å². The van der Waals surface area contributed by atoms with Crippen molar-refractivity contribution in [2.75, 3.05) is 6.61 Å². The topological polar surface area (TPSA) is 96.3 Å². The number of esters is 1. The molecule has 0 saturated heterocycles. The Morgan fingerprint density at radius 3 is 2.71 bits per heavy atom. The average Bonchev–Trinajstić information content (AvgIpc) is 3.23. The van der Waals surface area contributed by atoms with Crippen molar-refractivity contribution in [2.24, 2.45) is 0 Å². The van der Waals surface area contributed by atoms with Gasteiger partial charge in [0.2, 0.25) is 10.0 Å². The van der Waals surface area contributed by atoms with Crippen molar-refractivity contribution in [3.8, 4) is 6.07 Å². The lowest BCUT2D eigenvalue weighted by atomic mass is 10.0. The van der Waals surface area contributed by atoms with Gasteiger partial charge in [0.25, 0.3) is 0 Å². The van der Waals surface area contributed by atoms with Gasteiger partial charge < -0.3 is 4.74 Å². The minimum Gasteiger partial charge on any atom is -0.465 e. The number of rotatable bonds is 6. The third-order valence-electron chi connectivity index (χ3n) is 3.07. The van der Waals surface area contributed by atoms with Crippen LogP contribution in [0.25, 0.3) is 0 Å². The number of nitriles is 1. The van der Waals surface area contributed by atoms with Crippen LogP contribution in [0.1, 0.15) is 31.2 Å². The van der Waals surface area contributed by atoms with Crippen LogP contribution < -0.4 is 4.72 Å². The number of nitrogens with zero attached hydrogens (tertiary/aromatic N) is 1. The molecule has 0 radical (unpaired) electrons. The highest BCUT2D eigenvalue weighted by molar-refractivity contribution is 7.89. The van der Waals surface area contributed by atoms with Gasteiger partial charge in [0, 0.05) is 11.6 Å². The second kappa shape index (κ2) is 6.24. The zero-order valence-corrected chi connectivity index (χ0v) is 12.4. The Hall–Kier alpha value is -1.91. The van der Waals surface area contributed by atoms with E-state index < -0.39 is 21.9 Å². The van der Waals surface area contributed by atoms with Crippen LogP contribution in [-0.2, 0) is 19.6 Å². The molecular formula is C14H16N2O4S. The molecule has 0 spiro atoms. The van der Waals surface area contributed by atoms with Gasteiger partial charge in [-0.05, 0) is 25.8 Å². The Kier molecular flexibility index (Phi) is 4.60. The van der Waals surface area contributed by atoms with Crippen molar-refractivity contribution in [3.05, 3.63) is 29.8 Å². The van der Waals surface area contributed by atoms with Crippen LogP contribution in [0.3, 0.4) is 0 Å². The summed E-state index contributed by atoms with van der Waals surface area (Å²) in [6.45, 7) is 1.76. The molecule has 0 aromatic heterocycles. The first-order chi connectivity index (χ1) is 9.99. The second-order valence-electron chi connectivity index (χ2n) is 4.75. The number of carbonyl (C=O) groups excluding carboxylic acids is 1. The Bertz CT molecular complexity index is 674. The highest BCUT2D eigenvalue weighted by Crippen LogP contribution is 2.27. The summed E-state index contributed by atoms with van der Waals surface area (Å²) in [7, 11) is -3.74. The Balaban J connectivity index is 2.40. The van der Waals surface area contributed by atoms with E-state index in [4.69, 9.17) is 4.74 Å². The number of sulfonamides is 1. The van der Waals surface area contributed by atoms with E-state index in [0.29, 0.717) is 0 Å². The molecule has 0 bridgehead atoms. The summed E-state index contributed by atoms with van der Waals surface area (Å²) in [5.41, 5.74) is 0.145. The van der Waals surface area contributed by atoms with Crippen molar-refractivity contribution >= 4 is 16.0 Å². The summed E-state index contributed by atoms with van der Waals surface area (Å²) in [6.07, 6.45) is 1.61. The Morgan fingerprint density at radius 2 is 2.14 bits per heavy atom. The molecule has 112 valence electrons. The molecule has 1 saturated carbocycles. The van der Waals surface area contributed by atoms with E-state index in [9.17, 15) is 18.5 Å². The standard InChI is InChI=1S/C14H16N2O4S/c1-2-20-14(17)12(9-15)11-5-3-4-6-13(11)21(18,19)16-10-7-8-10/h3-6,10,12,16H,2,7-8H2,1H3. The van der Waals surface area contributed by atoms with Crippen LogP contribution >= 0.6 is 0 Å². The lowest BCUT2D eigenvalue weighted by Crippen LogP contribution is -2.28. The number of ether oxygens (including phenoxy) is 1. The second-order valence-corrected chi connectivity index (χ2v) is 6.43. The van der Waals surface area contributed by atoms with Crippen molar-refractivity contribution in [2.45, 2.75) is 36.6 Å². The van der Waals surface area contributed by atoms with Crippen molar-refractivity contribution in [1.82, 2.24) is 4.72 Å². The summed E-state index contributed by atoms with van der Waals surface area (Å²) in [5, 5.41) is 9.19. The Morgan fingerprint density at radius 1 is 1.48 bits per heavy atom. The van der Waals surface area contributed by atoms with Crippen LogP contribution in [0.4, 0.5) is 0 Å². The third kappa shape index (κ3) is 3.60. The maximum atomic E-state index is 12.3. The van der Waals surface area contributed by atoms with Crippen molar-refractivity contribution < 1.29 is 17.9 Å². The van der Waals surface area contributed by atoms with Gasteiger partial charge >= 0.3 is 5.97 Å². The fourth-order valence-electron chi connectivity index (χ4n) is 1.92. The maximum absolute atomic E-state index is 12.3. The zero-order valence-electron chi connectivity index (χ0n) is 11.6. The fraction of sp³-hybridized carbons (Fsp3) is 0.429. The molecular weight excluding hydrogens is 292 g/mol. The molecule has 1 fully saturated rings. The minimum atomic E-state index is -3.74. The van der Waals surface area contributed by atoms with Crippen molar-refractivity contribution in [3.63, 3.8) is 0 Å². The molecule has 0 aliphatic heterocycles. The molecule has 7 heteroatoms. The van der Waals surface area contributed by atoms with E-state index >= 15 is 0 Å². The molecule has 1 atom stereocenters. The normalized spacial score (nSPS) is 16.0. The SMILES string of the molecule is CCOC(=O)C(C#N)c1ccccc1S(=O)(=O)NC1CC1. The fourth-order valence-corrected chi connectivity index (χ4v) is 3.48. The maximum Gasteiger partial charge on any atom is 0.327 e. The number of hydrogen-bond acceptors (Lipinski definition) is 5. The van der Waals surface area contributed by atoms with Gasteiger partial charge in [-0.15, -0.1) is 0 Å². The molecule has 1 aromatic carbocycles. The summed E-state index contributed by atoms with van der Waals surface area (Å²) in [4.78, 5) is 11.8. The predicted octanol–water partition coefficient (Wildman–Crippen LogP) is 1.30. The molecule has 0 amide bonds. The largest absolute Gasteiger partial charge is 0.465 e. The number of hydrogen-bond donors (Lipinski definition) is 1. The third-order valence-corrected chi connectivity index (χ3v) is 4.66. The summed E-state index contributed by atoms with van der Waals surface area (Å²) < 4.78 is 32.0. The highest BCUT2D eigenvalue weighted by Gasteiger charge is 2.32. The Labute approximate surface area is 123 Å². The van der Waals surface area contributed by atoms with Crippen LogP contribution in [0.5, 0.6) is 0 Å². The molecule has 6 nitrogen and oxygen atoms in total. The number of benzene rings is 1. The van der Waals surface area contributed by atoms with Crippen LogP contribution in [-0.4, -0.2) is 27.0 Å². The van der Waals surface area contributed by atoms with E-state index in [-0.39, 0.29) is 23.1 Å². The predicted molar refractivity (Wildman–Crippen MR) is 74.8 cm³/mol. The van der Waals surface area contributed by atoms with Crippen LogP contribution in [0.2, 0.25) is 0 Å². The van der Waals surface area contributed by atoms with Gasteiger partial charge in [0.1, 0.15) is 0 Å². The molecule has 1 aromatic rings. The summed E-state index contributed by atoms with van der Waals surface area (Å²) in [6, 6.07) is 7.78. The smallest absolute Gasteiger partial charge is 0.327 e. The van der Waals surface area contributed by atoms with Gasteiger partial charge in [-0.3, -0.25) is 4.79 Å². The first kappa shape index (κ1) is 15.5. The molecule has 21 heavy (non-hydrogen) atoms. The van der Waals surface area contributed by atoms with Crippen LogP contribution in [0, 0.1) is 11.3 Å². The van der Waals surface area contributed by atoms with Gasteiger partial charge in [-0.2, -0.15) is 5.26 Å². The highest BCUT2D eigenvalue weighted by atomic mass is 32.2. The van der Waals surface area contributed by atoms with Gasteiger partial charge in [0.05, 0.1) is 17.6 Å². The van der Waals surface area contributed by atoms with E-state index in [1.807, 2.05) is 6.07 Å². The lowest BCUT2D eigenvalue weighted by Gasteiger charge is -2.14. The van der Waals surface area contributed by atoms with E-state index in [0.717, 1.165) is 12.8 Å². The van der Waals surface area contributed by atoms with Crippen molar-refractivity contribution in [1.29, 1.82) is 5.26 Å². The quantitative estimate of drug-likeness (QED) is 0.799.